The van der Waals surface area contributed by atoms with Crippen LogP contribution in [0.3, 0.4) is 0 Å². The maximum absolute atomic E-state index is 12.4. The minimum Gasteiger partial charge on any atom is -0.458 e. The van der Waals surface area contributed by atoms with Crippen molar-refractivity contribution in [2.75, 3.05) is 0 Å². The molecule has 1 aliphatic rings. The second-order valence-corrected chi connectivity index (χ2v) is 4.95. The van der Waals surface area contributed by atoms with E-state index in [-0.39, 0.29) is 5.78 Å². The molecule has 2 nitrogen and oxygen atoms in total. The van der Waals surface area contributed by atoms with E-state index < -0.39 is 0 Å². The topological polar surface area (TPSA) is 30.2 Å². The number of rotatable bonds is 3. The molecule has 0 amide bonds. The molecular weight excluding hydrogens is 224 g/mol. The van der Waals surface area contributed by atoms with Crippen molar-refractivity contribution in [3.05, 3.63) is 59.0 Å². The number of ketones is 1. The van der Waals surface area contributed by atoms with Gasteiger partial charge in [0.2, 0.25) is 5.78 Å². The van der Waals surface area contributed by atoms with Crippen molar-refractivity contribution in [2.24, 2.45) is 0 Å². The van der Waals surface area contributed by atoms with E-state index in [4.69, 9.17) is 4.42 Å². The molecule has 0 atom stereocenters. The van der Waals surface area contributed by atoms with E-state index in [1.54, 1.807) is 6.07 Å². The minimum atomic E-state index is 0.00519. The van der Waals surface area contributed by atoms with Crippen molar-refractivity contribution >= 4 is 5.78 Å². The fourth-order valence-electron chi connectivity index (χ4n) is 2.47. The Kier molecular flexibility index (Phi) is 2.78. The molecule has 1 fully saturated rings. The molecule has 1 aliphatic carbocycles. The minimum absolute atomic E-state index is 0.00519. The van der Waals surface area contributed by atoms with Crippen molar-refractivity contribution in [3.8, 4) is 0 Å². The maximum atomic E-state index is 12.4. The first-order valence-electron chi connectivity index (χ1n) is 6.46. The third-order valence-corrected chi connectivity index (χ3v) is 3.71. The molecule has 0 bridgehead atoms. The van der Waals surface area contributed by atoms with E-state index in [1.165, 1.54) is 24.8 Å². The molecule has 0 unspecified atom stereocenters. The van der Waals surface area contributed by atoms with Crippen molar-refractivity contribution in [1.29, 1.82) is 0 Å². The summed E-state index contributed by atoms with van der Waals surface area (Å²) >= 11 is 0. The summed E-state index contributed by atoms with van der Waals surface area (Å²) in [5, 5.41) is 0. The molecule has 2 aromatic rings. The predicted octanol–water partition coefficient (Wildman–Crippen LogP) is 4.09. The van der Waals surface area contributed by atoms with E-state index in [0.717, 1.165) is 11.3 Å². The largest absolute Gasteiger partial charge is 0.458 e. The second kappa shape index (κ2) is 4.45. The zero-order valence-electron chi connectivity index (χ0n) is 10.5. The highest BCUT2D eigenvalue weighted by Gasteiger charge is 2.25. The summed E-state index contributed by atoms with van der Waals surface area (Å²) < 4.78 is 5.44. The van der Waals surface area contributed by atoms with E-state index >= 15 is 0 Å². The Morgan fingerprint density at radius 1 is 1.17 bits per heavy atom. The summed E-state index contributed by atoms with van der Waals surface area (Å²) in [5.74, 6) is 1.78. The van der Waals surface area contributed by atoms with Gasteiger partial charge in [-0.3, -0.25) is 4.79 Å². The lowest BCUT2D eigenvalue weighted by molar-refractivity contribution is 0.101. The first kappa shape index (κ1) is 11.3. The summed E-state index contributed by atoms with van der Waals surface area (Å²) in [4.78, 5) is 12.4. The zero-order chi connectivity index (χ0) is 12.5. The lowest BCUT2D eigenvalue weighted by Gasteiger charge is -2.27. The van der Waals surface area contributed by atoms with Crippen LogP contribution < -0.4 is 0 Å². The summed E-state index contributed by atoms with van der Waals surface area (Å²) in [7, 11) is 0. The van der Waals surface area contributed by atoms with Gasteiger partial charge in [0.05, 0.1) is 0 Å². The van der Waals surface area contributed by atoms with Crippen molar-refractivity contribution < 1.29 is 9.21 Å². The van der Waals surface area contributed by atoms with Crippen LogP contribution >= 0.6 is 0 Å². The molecule has 1 aromatic heterocycles. The summed E-state index contributed by atoms with van der Waals surface area (Å²) in [6.07, 6.45) is 3.66. The molecule has 92 valence electrons. The smallest absolute Gasteiger partial charge is 0.228 e. The van der Waals surface area contributed by atoms with Gasteiger partial charge in [-0.15, -0.1) is 0 Å². The van der Waals surface area contributed by atoms with Gasteiger partial charge >= 0.3 is 0 Å². The van der Waals surface area contributed by atoms with Crippen LogP contribution in [0.4, 0.5) is 0 Å². The fraction of sp³-hybridized carbons (Fsp3) is 0.312. The van der Waals surface area contributed by atoms with Crippen LogP contribution in [-0.2, 0) is 0 Å². The summed E-state index contributed by atoms with van der Waals surface area (Å²) in [5.41, 5.74) is 1.99. The van der Waals surface area contributed by atoms with Gasteiger partial charge in [0.15, 0.2) is 5.76 Å². The summed E-state index contributed by atoms with van der Waals surface area (Å²) in [6, 6.07) is 11.5. The molecule has 1 saturated carbocycles. The van der Waals surface area contributed by atoms with Gasteiger partial charge in [0.25, 0.3) is 0 Å². The van der Waals surface area contributed by atoms with E-state index in [2.05, 4.69) is 6.07 Å². The van der Waals surface area contributed by atoms with E-state index in [0.29, 0.717) is 11.7 Å². The predicted molar refractivity (Wildman–Crippen MR) is 69.9 cm³/mol. The van der Waals surface area contributed by atoms with E-state index in [1.807, 2.05) is 31.2 Å². The van der Waals surface area contributed by atoms with Crippen LogP contribution in [0.1, 0.15) is 52.6 Å². The summed E-state index contributed by atoms with van der Waals surface area (Å²) in [6.45, 7) is 1.86. The zero-order valence-corrected chi connectivity index (χ0v) is 10.5. The highest BCUT2D eigenvalue weighted by atomic mass is 16.3. The molecule has 0 N–H and O–H groups in total. The van der Waals surface area contributed by atoms with Gasteiger partial charge < -0.3 is 4.42 Å². The van der Waals surface area contributed by atoms with Crippen LogP contribution in [0.15, 0.2) is 40.8 Å². The first-order valence-corrected chi connectivity index (χ1v) is 6.46. The molecule has 1 aromatic carbocycles. The van der Waals surface area contributed by atoms with Crippen LogP contribution in [-0.4, -0.2) is 5.78 Å². The first-order chi connectivity index (χ1) is 8.75. The number of benzene rings is 1. The fourth-order valence-corrected chi connectivity index (χ4v) is 2.47. The third kappa shape index (κ3) is 1.88. The number of aryl methyl sites for hydroxylation is 1. The lowest BCUT2D eigenvalue weighted by atomic mass is 9.77. The normalized spacial score (nSPS) is 15.4. The molecule has 18 heavy (non-hydrogen) atoms. The number of carbonyl (C=O) groups is 1. The van der Waals surface area contributed by atoms with Gasteiger partial charge in [-0.1, -0.05) is 30.7 Å². The lowest BCUT2D eigenvalue weighted by Crippen LogP contribution is -2.14. The molecule has 2 heteroatoms. The number of hydrogen-bond donors (Lipinski definition) is 0. The van der Waals surface area contributed by atoms with Gasteiger partial charge in [-0.25, -0.2) is 0 Å². The highest BCUT2D eigenvalue weighted by molar-refractivity contribution is 6.08. The maximum Gasteiger partial charge on any atom is 0.228 e. The average Bonchev–Trinajstić information content (AvgIpc) is 2.74. The second-order valence-electron chi connectivity index (χ2n) is 4.95. The Morgan fingerprint density at radius 3 is 2.56 bits per heavy atom. The van der Waals surface area contributed by atoms with Crippen molar-refractivity contribution in [1.82, 2.24) is 0 Å². The van der Waals surface area contributed by atoms with Crippen LogP contribution in [0.25, 0.3) is 0 Å². The Labute approximate surface area is 107 Å². The Balaban J connectivity index is 1.98. The Morgan fingerprint density at radius 2 is 1.94 bits per heavy atom. The van der Waals surface area contributed by atoms with Crippen LogP contribution in [0.2, 0.25) is 0 Å². The van der Waals surface area contributed by atoms with Crippen LogP contribution in [0, 0.1) is 6.92 Å². The van der Waals surface area contributed by atoms with Gasteiger partial charge in [0, 0.05) is 5.56 Å². The molecule has 0 radical (unpaired) electrons. The number of carbonyl (C=O) groups excluding carboxylic acids is 1. The molecule has 1 heterocycles. The number of furan rings is 1. The Bertz CT molecular complexity index is 576. The average molecular weight is 240 g/mol. The van der Waals surface area contributed by atoms with Gasteiger partial charge in [-0.05, 0) is 43.4 Å². The molecule has 3 rings (SSSR count). The Hall–Kier alpha value is -1.83. The highest BCUT2D eigenvalue weighted by Crippen LogP contribution is 2.38. The van der Waals surface area contributed by atoms with Gasteiger partial charge in [0.1, 0.15) is 5.76 Å². The third-order valence-electron chi connectivity index (χ3n) is 3.71. The molecule has 0 aliphatic heterocycles. The van der Waals surface area contributed by atoms with Crippen molar-refractivity contribution in [3.63, 3.8) is 0 Å². The van der Waals surface area contributed by atoms with E-state index in [9.17, 15) is 4.79 Å². The number of hydrogen-bond acceptors (Lipinski definition) is 2. The van der Waals surface area contributed by atoms with Crippen molar-refractivity contribution in [2.45, 2.75) is 32.1 Å². The molecule has 0 spiro atoms. The quantitative estimate of drug-likeness (QED) is 0.756. The molecule has 0 saturated heterocycles. The van der Waals surface area contributed by atoms with Crippen LogP contribution in [0.5, 0.6) is 0 Å². The monoisotopic (exact) mass is 240 g/mol. The molecular formula is C16H16O2. The SMILES string of the molecule is Cc1ccc(C(=O)c2ccccc2C2CCC2)o1. The standard InChI is InChI=1S/C16H16O2/c1-11-9-10-15(18-11)16(17)14-8-3-2-7-13(14)12-5-4-6-12/h2-3,7-10,12H,4-6H2,1H3. The van der Waals surface area contributed by atoms with Gasteiger partial charge in [-0.2, -0.15) is 0 Å².